The molecule has 27 heavy (non-hydrogen) atoms. The molecule has 4 nitrogen and oxygen atoms in total. The van der Waals surface area contributed by atoms with E-state index in [9.17, 15) is 9.90 Å². The SMILES string of the molecule is CC(C)C1=CC2=C(CC1)C1(C)CCCC(C)(C(=O)OCC(O)CO)C1CC2. The largest absolute Gasteiger partial charge is 0.462 e. The third-order valence-electron chi connectivity index (χ3n) is 7.56. The van der Waals surface area contributed by atoms with Crippen LogP contribution in [0.15, 0.2) is 22.8 Å². The summed E-state index contributed by atoms with van der Waals surface area (Å²) in [7, 11) is 0. The summed E-state index contributed by atoms with van der Waals surface area (Å²) in [5.41, 5.74) is 4.22. The maximum atomic E-state index is 13.0. The molecule has 1 saturated carbocycles. The second kappa shape index (κ2) is 7.71. The van der Waals surface area contributed by atoms with Crippen LogP contribution in [-0.2, 0) is 9.53 Å². The summed E-state index contributed by atoms with van der Waals surface area (Å²) in [5.74, 6) is 0.684. The average Bonchev–Trinajstić information content (AvgIpc) is 2.65. The first-order valence-corrected chi connectivity index (χ1v) is 10.6. The van der Waals surface area contributed by atoms with Gasteiger partial charge in [-0.05, 0) is 68.3 Å². The number of rotatable bonds is 5. The van der Waals surface area contributed by atoms with E-state index in [1.807, 2.05) is 0 Å². The number of fused-ring (bicyclic) bond motifs is 2. The Morgan fingerprint density at radius 1 is 1.26 bits per heavy atom. The van der Waals surface area contributed by atoms with Gasteiger partial charge in [0.25, 0.3) is 0 Å². The number of esters is 1. The van der Waals surface area contributed by atoms with Crippen molar-refractivity contribution in [2.24, 2.45) is 22.7 Å². The van der Waals surface area contributed by atoms with Crippen LogP contribution in [0, 0.1) is 22.7 Å². The normalized spacial score (nSPS) is 34.6. The molecule has 3 rings (SSSR count). The molecule has 2 N–H and O–H groups in total. The quantitative estimate of drug-likeness (QED) is 0.707. The van der Waals surface area contributed by atoms with Gasteiger partial charge < -0.3 is 14.9 Å². The third kappa shape index (κ3) is 3.63. The fourth-order valence-electron chi connectivity index (χ4n) is 5.95. The summed E-state index contributed by atoms with van der Waals surface area (Å²) in [6.07, 6.45) is 8.81. The maximum absolute atomic E-state index is 13.0. The average molecular weight is 377 g/mol. The molecule has 152 valence electrons. The highest BCUT2D eigenvalue weighted by molar-refractivity contribution is 5.77. The van der Waals surface area contributed by atoms with Crippen molar-refractivity contribution in [2.45, 2.75) is 78.7 Å². The molecule has 0 amide bonds. The van der Waals surface area contributed by atoms with Gasteiger partial charge in [0.1, 0.15) is 12.7 Å². The van der Waals surface area contributed by atoms with Crippen LogP contribution >= 0.6 is 0 Å². The van der Waals surface area contributed by atoms with Gasteiger partial charge >= 0.3 is 5.97 Å². The molecular weight excluding hydrogens is 340 g/mol. The van der Waals surface area contributed by atoms with Gasteiger partial charge in [-0.15, -0.1) is 0 Å². The fraction of sp³-hybridized carbons (Fsp3) is 0.783. The molecule has 3 aliphatic rings. The van der Waals surface area contributed by atoms with Crippen LogP contribution in [0.3, 0.4) is 0 Å². The number of carbonyl (C=O) groups excluding carboxylic acids is 1. The van der Waals surface area contributed by atoms with E-state index in [-0.39, 0.29) is 30.5 Å². The molecule has 4 heteroatoms. The summed E-state index contributed by atoms with van der Waals surface area (Å²) in [6.45, 7) is 8.48. The lowest BCUT2D eigenvalue weighted by atomic mass is 9.48. The van der Waals surface area contributed by atoms with E-state index < -0.39 is 11.5 Å². The van der Waals surface area contributed by atoms with Gasteiger partial charge in [0, 0.05) is 0 Å². The van der Waals surface area contributed by atoms with E-state index in [0.29, 0.717) is 5.92 Å². The minimum Gasteiger partial charge on any atom is -0.462 e. The second-order valence-corrected chi connectivity index (χ2v) is 9.59. The zero-order valence-electron chi connectivity index (χ0n) is 17.4. The van der Waals surface area contributed by atoms with E-state index in [4.69, 9.17) is 9.84 Å². The predicted molar refractivity (Wildman–Crippen MR) is 106 cm³/mol. The maximum Gasteiger partial charge on any atom is 0.312 e. The minimum atomic E-state index is -0.994. The van der Waals surface area contributed by atoms with Crippen LogP contribution in [-0.4, -0.2) is 35.5 Å². The van der Waals surface area contributed by atoms with Crippen LogP contribution in [0.1, 0.15) is 72.6 Å². The number of aliphatic hydroxyl groups is 2. The molecule has 0 bridgehead atoms. The Balaban J connectivity index is 1.87. The first-order valence-electron chi connectivity index (χ1n) is 10.6. The van der Waals surface area contributed by atoms with Crippen LogP contribution in [0.25, 0.3) is 0 Å². The molecule has 4 atom stereocenters. The highest BCUT2D eigenvalue weighted by Gasteiger charge is 2.56. The monoisotopic (exact) mass is 376 g/mol. The lowest BCUT2D eigenvalue weighted by Crippen LogP contribution is -2.51. The van der Waals surface area contributed by atoms with Crippen LogP contribution in [0.2, 0.25) is 0 Å². The topological polar surface area (TPSA) is 66.8 Å². The highest BCUT2D eigenvalue weighted by atomic mass is 16.5. The van der Waals surface area contributed by atoms with Gasteiger partial charge in [-0.1, -0.05) is 44.4 Å². The van der Waals surface area contributed by atoms with Crippen molar-refractivity contribution in [1.29, 1.82) is 0 Å². The number of allylic oxidation sites excluding steroid dienone is 4. The zero-order chi connectivity index (χ0) is 19.8. The molecule has 0 aliphatic heterocycles. The summed E-state index contributed by atoms with van der Waals surface area (Å²) in [5, 5.41) is 18.5. The van der Waals surface area contributed by atoms with Crippen LogP contribution in [0.4, 0.5) is 0 Å². The standard InChI is InChI=1S/C23H36O4/c1-15(2)16-6-8-19-17(12-16)7-9-20-22(19,3)10-5-11-23(20,4)21(26)27-14-18(25)13-24/h12,15,18,20,24-25H,5-11,13-14H2,1-4H3. The molecule has 4 unspecified atom stereocenters. The van der Waals surface area contributed by atoms with E-state index in [2.05, 4.69) is 33.8 Å². The van der Waals surface area contributed by atoms with Gasteiger partial charge in [-0.2, -0.15) is 0 Å². The molecule has 0 heterocycles. The lowest BCUT2D eigenvalue weighted by molar-refractivity contribution is -0.169. The Labute approximate surface area is 163 Å². The van der Waals surface area contributed by atoms with Gasteiger partial charge in [0.15, 0.2) is 0 Å². The molecule has 0 aromatic heterocycles. The zero-order valence-corrected chi connectivity index (χ0v) is 17.4. The van der Waals surface area contributed by atoms with Gasteiger partial charge in [-0.25, -0.2) is 0 Å². The van der Waals surface area contributed by atoms with E-state index >= 15 is 0 Å². The molecular formula is C23H36O4. The number of hydrogen-bond donors (Lipinski definition) is 2. The van der Waals surface area contributed by atoms with Crippen molar-refractivity contribution in [3.8, 4) is 0 Å². The van der Waals surface area contributed by atoms with Gasteiger partial charge in [0.2, 0.25) is 0 Å². The minimum absolute atomic E-state index is 0.0637. The Bertz CT molecular complexity index is 647. The summed E-state index contributed by atoms with van der Waals surface area (Å²) < 4.78 is 5.44. The van der Waals surface area contributed by atoms with Crippen LogP contribution in [0.5, 0.6) is 0 Å². The Kier molecular flexibility index (Phi) is 5.88. The second-order valence-electron chi connectivity index (χ2n) is 9.59. The molecule has 0 spiro atoms. The van der Waals surface area contributed by atoms with Gasteiger partial charge in [0.05, 0.1) is 12.0 Å². The molecule has 3 aliphatic carbocycles. The molecule has 0 saturated heterocycles. The van der Waals surface area contributed by atoms with Crippen molar-refractivity contribution < 1.29 is 19.7 Å². The van der Waals surface area contributed by atoms with Crippen molar-refractivity contribution in [2.75, 3.05) is 13.2 Å². The summed E-state index contributed by atoms with van der Waals surface area (Å²) >= 11 is 0. The van der Waals surface area contributed by atoms with Crippen molar-refractivity contribution in [3.63, 3.8) is 0 Å². The Hall–Kier alpha value is -1.13. The predicted octanol–water partition coefficient (Wildman–Crippen LogP) is 4.16. The first-order chi connectivity index (χ1) is 12.7. The number of hydrogen-bond acceptors (Lipinski definition) is 4. The van der Waals surface area contributed by atoms with Crippen molar-refractivity contribution >= 4 is 5.97 Å². The number of ether oxygens (including phenoxy) is 1. The van der Waals surface area contributed by atoms with E-state index in [0.717, 1.165) is 44.9 Å². The molecule has 0 aromatic rings. The Morgan fingerprint density at radius 3 is 2.67 bits per heavy atom. The number of carbonyl (C=O) groups is 1. The molecule has 1 fully saturated rings. The van der Waals surface area contributed by atoms with E-state index in [1.165, 1.54) is 5.57 Å². The summed E-state index contributed by atoms with van der Waals surface area (Å²) in [6, 6.07) is 0. The van der Waals surface area contributed by atoms with Crippen LogP contribution < -0.4 is 0 Å². The smallest absolute Gasteiger partial charge is 0.312 e. The van der Waals surface area contributed by atoms with Crippen molar-refractivity contribution in [3.05, 3.63) is 22.8 Å². The van der Waals surface area contributed by atoms with Crippen molar-refractivity contribution in [1.82, 2.24) is 0 Å². The first kappa shape index (κ1) is 20.6. The van der Waals surface area contributed by atoms with E-state index in [1.54, 1.807) is 11.1 Å². The van der Waals surface area contributed by atoms with Gasteiger partial charge in [-0.3, -0.25) is 4.79 Å². The lowest BCUT2D eigenvalue weighted by Gasteiger charge is -2.55. The third-order valence-corrected chi connectivity index (χ3v) is 7.56. The molecule has 0 radical (unpaired) electrons. The fourth-order valence-corrected chi connectivity index (χ4v) is 5.95. The summed E-state index contributed by atoms with van der Waals surface area (Å²) in [4.78, 5) is 13.0. The Morgan fingerprint density at radius 2 is 2.00 bits per heavy atom. The highest BCUT2D eigenvalue weighted by Crippen LogP contribution is 2.61. The number of aliphatic hydroxyl groups excluding tert-OH is 2. The molecule has 0 aromatic carbocycles.